The van der Waals surface area contributed by atoms with Crippen LogP contribution in [-0.4, -0.2) is 60.2 Å². The molecule has 6 nitrogen and oxygen atoms in total. The molecule has 1 aromatic carbocycles. The molecule has 3 amide bonds. The van der Waals surface area contributed by atoms with E-state index in [9.17, 15) is 14.4 Å². The molecule has 2 aliphatic heterocycles. The fraction of sp³-hybridized carbons (Fsp3) is 0.526. The third-order valence-electron chi connectivity index (χ3n) is 5.44. The van der Waals surface area contributed by atoms with Crippen molar-refractivity contribution in [3.8, 4) is 0 Å². The van der Waals surface area contributed by atoms with Crippen LogP contribution in [0.4, 0.5) is 5.69 Å². The van der Waals surface area contributed by atoms with Crippen LogP contribution >= 0.6 is 11.6 Å². The number of benzene rings is 1. The van der Waals surface area contributed by atoms with Gasteiger partial charge in [-0.3, -0.25) is 14.4 Å². The molecule has 0 aromatic heterocycles. The van der Waals surface area contributed by atoms with Gasteiger partial charge in [-0.25, -0.2) is 0 Å². The van der Waals surface area contributed by atoms with Crippen LogP contribution in [0.3, 0.4) is 0 Å². The summed E-state index contributed by atoms with van der Waals surface area (Å²) in [6, 6.07) is 7.09. The molecule has 1 aliphatic carbocycles. The Morgan fingerprint density at radius 1 is 0.885 bits per heavy atom. The molecule has 1 saturated carbocycles. The number of halogens is 1. The third-order valence-corrected chi connectivity index (χ3v) is 5.69. The molecule has 1 unspecified atom stereocenters. The maximum absolute atomic E-state index is 12.8. The Hall–Kier alpha value is -2.08. The minimum atomic E-state index is -0.316. The summed E-state index contributed by atoms with van der Waals surface area (Å²) in [5.41, 5.74) is 0.773. The molecule has 3 aliphatic rings. The van der Waals surface area contributed by atoms with Gasteiger partial charge in [-0.2, -0.15) is 0 Å². The van der Waals surface area contributed by atoms with Crippen molar-refractivity contribution in [3.05, 3.63) is 29.3 Å². The van der Waals surface area contributed by atoms with E-state index < -0.39 is 0 Å². The van der Waals surface area contributed by atoms with E-state index in [4.69, 9.17) is 11.6 Å². The van der Waals surface area contributed by atoms with Crippen LogP contribution in [0.25, 0.3) is 0 Å². The Morgan fingerprint density at radius 2 is 1.42 bits per heavy atom. The number of nitrogens with zero attached hydrogens (tertiary/aromatic N) is 3. The molecule has 0 bridgehead atoms. The second kappa shape index (κ2) is 6.91. The van der Waals surface area contributed by atoms with Crippen LogP contribution in [0.5, 0.6) is 0 Å². The average molecular weight is 376 g/mol. The van der Waals surface area contributed by atoms with Crippen molar-refractivity contribution in [2.24, 2.45) is 11.8 Å². The highest BCUT2D eigenvalue weighted by molar-refractivity contribution is 6.30. The van der Waals surface area contributed by atoms with E-state index in [2.05, 4.69) is 0 Å². The minimum absolute atomic E-state index is 0.0216. The van der Waals surface area contributed by atoms with Crippen molar-refractivity contribution in [1.82, 2.24) is 9.80 Å². The summed E-state index contributed by atoms with van der Waals surface area (Å²) in [7, 11) is 0. The molecule has 3 fully saturated rings. The van der Waals surface area contributed by atoms with Crippen LogP contribution < -0.4 is 4.90 Å². The van der Waals surface area contributed by atoms with Gasteiger partial charge in [0.15, 0.2) is 0 Å². The summed E-state index contributed by atoms with van der Waals surface area (Å²) in [5.74, 6) is 0.130. The van der Waals surface area contributed by atoms with E-state index in [0.717, 1.165) is 18.5 Å². The quantitative estimate of drug-likeness (QED) is 0.809. The van der Waals surface area contributed by atoms with Gasteiger partial charge in [-0.15, -0.1) is 0 Å². The molecule has 26 heavy (non-hydrogen) atoms. The highest BCUT2D eigenvalue weighted by Gasteiger charge is 2.39. The Labute approximate surface area is 157 Å². The van der Waals surface area contributed by atoms with Crippen molar-refractivity contribution in [2.75, 3.05) is 37.6 Å². The Kier molecular flexibility index (Phi) is 4.61. The van der Waals surface area contributed by atoms with E-state index in [1.165, 1.54) is 0 Å². The number of hydrogen-bond donors (Lipinski definition) is 0. The first-order valence-corrected chi connectivity index (χ1v) is 9.54. The molecule has 2 saturated heterocycles. The number of amides is 3. The maximum atomic E-state index is 12.8. The van der Waals surface area contributed by atoms with Crippen molar-refractivity contribution in [3.63, 3.8) is 0 Å². The predicted molar refractivity (Wildman–Crippen MR) is 97.8 cm³/mol. The van der Waals surface area contributed by atoms with Gasteiger partial charge in [0, 0.05) is 55.8 Å². The van der Waals surface area contributed by atoms with Gasteiger partial charge in [0.2, 0.25) is 17.7 Å². The van der Waals surface area contributed by atoms with Gasteiger partial charge in [-0.1, -0.05) is 11.6 Å². The normalized spacial score (nSPS) is 23.5. The number of carbonyl (C=O) groups is 3. The van der Waals surface area contributed by atoms with Gasteiger partial charge in [-0.05, 0) is 37.1 Å². The molecule has 2 heterocycles. The standard InChI is InChI=1S/C19H22ClN3O3/c20-15-3-5-16(6-4-15)23-12-14(11-17(23)24)19(26)22-9-7-21(8-10-22)18(25)13-1-2-13/h3-6,13-14H,1-2,7-12H2. The van der Waals surface area contributed by atoms with Crippen LogP contribution in [0.2, 0.25) is 5.02 Å². The summed E-state index contributed by atoms with van der Waals surface area (Å²) in [4.78, 5) is 42.6. The number of anilines is 1. The van der Waals surface area contributed by atoms with E-state index in [1.54, 1.807) is 34.1 Å². The van der Waals surface area contributed by atoms with Gasteiger partial charge in [0.05, 0.1) is 5.92 Å². The maximum Gasteiger partial charge on any atom is 0.228 e. The Morgan fingerprint density at radius 3 is 1.96 bits per heavy atom. The van der Waals surface area contributed by atoms with Gasteiger partial charge >= 0.3 is 0 Å². The van der Waals surface area contributed by atoms with Gasteiger partial charge in [0.1, 0.15) is 0 Å². The lowest BCUT2D eigenvalue weighted by molar-refractivity contribution is -0.142. The van der Waals surface area contributed by atoms with E-state index in [-0.39, 0.29) is 36.0 Å². The molecule has 138 valence electrons. The van der Waals surface area contributed by atoms with Gasteiger partial charge in [0.25, 0.3) is 0 Å². The first-order valence-electron chi connectivity index (χ1n) is 9.16. The molecular formula is C19H22ClN3O3. The van der Waals surface area contributed by atoms with Crippen LogP contribution in [0.1, 0.15) is 19.3 Å². The number of rotatable bonds is 3. The lowest BCUT2D eigenvalue weighted by atomic mass is 10.1. The number of piperazine rings is 1. The zero-order valence-corrected chi connectivity index (χ0v) is 15.3. The van der Waals surface area contributed by atoms with Crippen LogP contribution in [0.15, 0.2) is 24.3 Å². The van der Waals surface area contributed by atoms with E-state index in [1.807, 2.05) is 4.90 Å². The van der Waals surface area contributed by atoms with Crippen molar-refractivity contribution >= 4 is 35.0 Å². The molecule has 0 spiro atoms. The van der Waals surface area contributed by atoms with Crippen molar-refractivity contribution in [2.45, 2.75) is 19.3 Å². The monoisotopic (exact) mass is 375 g/mol. The third kappa shape index (κ3) is 3.43. The second-order valence-electron chi connectivity index (χ2n) is 7.31. The zero-order chi connectivity index (χ0) is 18.3. The Bertz CT molecular complexity index is 724. The fourth-order valence-electron chi connectivity index (χ4n) is 3.74. The summed E-state index contributed by atoms with van der Waals surface area (Å²) in [6.07, 6.45) is 2.24. The molecule has 0 N–H and O–H groups in total. The first-order chi connectivity index (χ1) is 12.5. The Balaban J connectivity index is 1.34. The molecule has 0 radical (unpaired) electrons. The summed E-state index contributed by atoms with van der Waals surface area (Å²) in [5, 5.41) is 0.617. The van der Waals surface area contributed by atoms with E-state index >= 15 is 0 Å². The fourth-order valence-corrected chi connectivity index (χ4v) is 3.86. The summed E-state index contributed by atoms with van der Waals surface area (Å²) >= 11 is 5.90. The summed E-state index contributed by atoms with van der Waals surface area (Å²) in [6.45, 7) is 2.72. The van der Waals surface area contributed by atoms with Crippen LogP contribution in [-0.2, 0) is 14.4 Å². The van der Waals surface area contributed by atoms with Crippen molar-refractivity contribution < 1.29 is 14.4 Å². The number of hydrogen-bond acceptors (Lipinski definition) is 3. The molecule has 1 atom stereocenters. The zero-order valence-electron chi connectivity index (χ0n) is 14.6. The average Bonchev–Trinajstić information content (AvgIpc) is 3.44. The molecular weight excluding hydrogens is 354 g/mol. The molecule has 1 aromatic rings. The largest absolute Gasteiger partial charge is 0.339 e. The minimum Gasteiger partial charge on any atom is -0.339 e. The van der Waals surface area contributed by atoms with Crippen LogP contribution in [0, 0.1) is 11.8 Å². The lowest BCUT2D eigenvalue weighted by Crippen LogP contribution is -2.52. The predicted octanol–water partition coefficient (Wildman–Crippen LogP) is 1.77. The lowest BCUT2D eigenvalue weighted by Gasteiger charge is -2.36. The molecule has 7 heteroatoms. The topological polar surface area (TPSA) is 60.9 Å². The smallest absolute Gasteiger partial charge is 0.228 e. The van der Waals surface area contributed by atoms with E-state index in [0.29, 0.717) is 37.7 Å². The highest BCUT2D eigenvalue weighted by Crippen LogP contribution is 2.32. The molecule has 4 rings (SSSR count). The van der Waals surface area contributed by atoms with Crippen molar-refractivity contribution in [1.29, 1.82) is 0 Å². The second-order valence-corrected chi connectivity index (χ2v) is 7.74. The number of carbonyl (C=O) groups excluding carboxylic acids is 3. The highest BCUT2D eigenvalue weighted by atomic mass is 35.5. The first kappa shape index (κ1) is 17.3. The summed E-state index contributed by atoms with van der Waals surface area (Å²) < 4.78 is 0. The van der Waals surface area contributed by atoms with Gasteiger partial charge < -0.3 is 14.7 Å². The SMILES string of the molecule is O=C(C1CC1)N1CCN(C(=O)C2CC(=O)N(c3ccc(Cl)cc3)C2)CC1.